The summed E-state index contributed by atoms with van der Waals surface area (Å²) >= 11 is 6.14. The lowest BCUT2D eigenvalue weighted by Gasteiger charge is -2.09. The van der Waals surface area contributed by atoms with Crippen molar-refractivity contribution in [2.24, 2.45) is 0 Å². The Morgan fingerprint density at radius 3 is 2.18 bits per heavy atom. The summed E-state index contributed by atoms with van der Waals surface area (Å²) in [5.74, 6) is 0. The van der Waals surface area contributed by atoms with Gasteiger partial charge in [0.25, 0.3) is 0 Å². The quantitative estimate of drug-likeness (QED) is 0.563. The molecule has 1 aromatic rings. The summed E-state index contributed by atoms with van der Waals surface area (Å²) in [4.78, 5) is -2.69. The Bertz CT molecular complexity index is 257. The Morgan fingerprint density at radius 2 is 1.82 bits per heavy atom. The van der Waals surface area contributed by atoms with Gasteiger partial charge in [-0.05, 0) is 22.0 Å². The van der Waals surface area contributed by atoms with E-state index >= 15 is 0 Å². The zero-order valence-corrected chi connectivity index (χ0v) is 7.87. The monoisotopic (exact) mass is 238 g/mol. The first-order valence-corrected chi connectivity index (χ1v) is 4.11. The van der Waals surface area contributed by atoms with E-state index in [1.54, 1.807) is 12.1 Å². The SMILES string of the molecule is FC(F)(Br)c1ccccc1S. The van der Waals surface area contributed by atoms with Crippen molar-refractivity contribution in [3.05, 3.63) is 29.8 Å². The molecule has 0 spiro atoms. The molecule has 0 aromatic heterocycles. The molecule has 0 radical (unpaired) electrons. The Balaban J connectivity index is 3.14. The molecule has 0 heterocycles. The van der Waals surface area contributed by atoms with Gasteiger partial charge in [-0.3, -0.25) is 0 Å². The van der Waals surface area contributed by atoms with Gasteiger partial charge in [-0.25, -0.2) is 0 Å². The van der Waals surface area contributed by atoms with E-state index in [-0.39, 0.29) is 10.5 Å². The number of alkyl halides is 3. The smallest absolute Gasteiger partial charge is 0.188 e. The van der Waals surface area contributed by atoms with Crippen LogP contribution in [0.4, 0.5) is 8.78 Å². The van der Waals surface area contributed by atoms with Crippen LogP contribution in [0.3, 0.4) is 0 Å². The average molecular weight is 239 g/mol. The number of benzene rings is 1. The molecule has 0 atom stereocenters. The molecule has 4 heteroatoms. The van der Waals surface area contributed by atoms with Crippen LogP contribution in [0.1, 0.15) is 5.56 Å². The summed E-state index contributed by atoms with van der Waals surface area (Å²) in [6.45, 7) is 0. The van der Waals surface area contributed by atoms with E-state index in [2.05, 4.69) is 28.6 Å². The number of thiol groups is 1. The summed E-state index contributed by atoms with van der Waals surface area (Å²) in [6.07, 6.45) is 0. The molecule has 11 heavy (non-hydrogen) atoms. The van der Waals surface area contributed by atoms with E-state index < -0.39 is 4.83 Å². The number of halogens is 3. The van der Waals surface area contributed by atoms with Crippen LogP contribution in [-0.4, -0.2) is 0 Å². The first kappa shape index (κ1) is 9.00. The molecule has 0 bridgehead atoms. The fourth-order valence-corrected chi connectivity index (χ4v) is 1.51. The van der Waals surface area contributed by atoms with E-state index in [9.17, 15) is 8.78 Å². The first-order chi connectivity index (χ1) is 5.02. The van der Waals surface area contributed by atoms with Gasteiger partial charge < -0.3 is 0 Å². The van der Waals surface area contributed by atoms with Crippen molar-refractivity contribution in [3.8, 4) is 0 Å². The minimum absolute atomic E-state index is 0.108. The minimum atomic E-state index is -2.98. The highest BCUT2D eigenvalue weighted by Crippen LogP contribution is 2.37. The molecule has 0 amide bonds. The third-order valence-electron chi connectivity index (χ3n) is 1.21. The topological polar surface area (TPSA) is 0 Å². The Kier molecular flexibility index (Phi) is 2.54. The highest BCUT2D eigenvalue weighted by atomic mass is 79.9. The zero-order valence-electron chi connectivity index (χ0n) is 5.39. The van der Waals surface area contributed by atoms with Gasteiger partial charge in [-0.2, -0.15) is 8.78 Å². The van der Waals surface area contributed by atoms with E-state index in [1.165, 1.54) is 12.1 Å². The molecule has 0 nitrogen and oxygen atoms in total. The van der Waals surface area contributed by atoms with E-state index in [1.807, 2.05) is 0 Å². The van der Waals surface area contributed by atoms with Crippen LogP contribution < -0.4 is 0 Å². The summed E-state index contributed by atoms with van der Waals surface area (Å²) in [7, 11) is 0. The molecule has 0 aliphatic carbocycles. The van der Waals surface area contributed by atoms with Crippen molar-refractivity contribution in [2.45, 2.75) is 9.73 Å². The van der Waals surface area contributed by atoms with Crippen molar-refractivity contribution in [1.29, 1.82) is 0 Å². The van der Waals surface area contributed by atoms with Crippen LogP contribution in [0.15, 0.2) is 29.2 Å². The lowest BCUT2D eigenvalue weighted by atomic mass is 10.2. The number of hydrogen-bond acceptors (Lipinski definition) is 1. The van der Waals surface area contributed by atoms with E-state index in [0.717, 1.165) is 0 Å². The molecule has 0 aliphatic rings. The maximum atomic E-state index is 12.6. The van der Waals surface area contributed by atoms with Crippen molar-refractivity contribution < 1.29 is 8.78 Å². The zero-order chi connectivity index (χ0) is 8.48. The van der Waals surface area contributed by atoms with Crippen molar-refractivity contribution in [2.75, 3.05) is 0 Å². The molecule has 1 rings (SSSR count). The summed E-state index contributed by atoms with van der Waals surface area (Å²) in [5, 5.41) is 0. The molecular formula is C7H5BrF2S. The third kappa shape index (κ3) is 2.17. The van der Waals surface area contributed by atoms with Crippen LogP contribution in [-0.2, 0) is 4.83 Å². The van der Waals surface area contributed by atoms with Gasteiger partial charge in [0.1, 0.15) is 0 Å². The van der Waals surface area contributed by atoms with Gasteiger partial charge in [-0.1, -0.05) is 18.2 Å². The molecule has 0 saturated carbocycles. The highest BCUT2D eigenvalue weighted by Gasteiger charge is 2.28. The Hall–Kier alpha value is -0.0900. The van der Waals surface area contributed by atoms with Gasteiger partial charge in [-0.15, -0.1) is 12.6 Å². The molecule has 0 fully saturated rings. The third-order valence-corrected chi connectivity index (χ3v) is 2.03. The molecule has 0 unspecified atom stereocenters. The van der Waals surface area contributed by atoms with Crippen LogP contribution in [0.25, 0.3) is 0 Å². The molecule has 0 N–H and O–H groups in total. The predicted octanol–water partition coefficient (Wildman–Crippen LogP) is 3.42. The van der Waals surface area contributed by atoms with Crippen LogP contribution in [0, 0.1) is 0 Å². The average Bonchev–Trinajstić information content (AvgIpc) is 1.86. The van der Waals surface area contributed by atoms with Crippen molar-refractivity contribution in [3.63, 3.8) is 0 Å². The van der Waals surface area contributed by atoms with Crippen LogP contribution in [0.5, 0.6) is 0 Å². The largest absolute Gasteiger partial charge is 0.327 e. The highest BCUT2D eigenvalue weighted by molar-refractivity contribution is 9.09. The van der Waals surface area contributed by atoms with Crippen molar-refractivity contribution in [1.82, 2.24) is 0 Å². The minimum Gasteiger partial charge on any atom is -0.188 e. The normalized spacial score (nSPS) is 11.6. The predicted molar refractivity (Wildman–Crippen MR) is 46.5 cm³/mol. The van der Waals surface area contributed by atoms with Crippen LogP contribution >= 0.6 is 28.6 Å². The van der Waals surface area contributed by atoms with Crippen molar-refractivity contribution >= 4 is 28.6 Å². The number of hydrogen-bond donors (Lipinski definition) is 1. The summed E-state index contributed by atoms with van der Waals surface area (Å²) < 4.78 is 25.2. The van der Waals surface area contributed by atoms with Gasteiger partial charge in [0.15, 0.2) is 0 Å². The van der Waals surface area contributed by atoms with Gasteiger partial charge in [0.2, 0.25) is 0 Å². The Morgan fingerprint density at radius 1 is 1.27 bits per heavy atom. The standard InChI is InChI=1S/C7H5BrF2S/c8-7(9,10)5-3-1-2-4-6(5)11/h1-4,11H. The van der Waals surface area contributed by atoms with Gasteiger partial charge >= 0.3 is 4.83 Å². The first-order valence-electron chi connectivity index (χ1n) is 2.87. The fourth-order valence-electron chi connectivity index (χ4n) is 0.713. The molecular weight excluding hydrogens is 234 g/mol. The Labute approximate surface area is 77.2 Å². The lowest BCUT2D eigenvalue weighted by Crippen LogP contribution is -2.02. The maximum Gasteiger partial charge on any atom is 0.327 e. The molecule has 0 aliphatic heterocycles. The van der Waals surface area contributed by atoms with Crippen LogP contribution in [0.2, 0.25) is 0 Å². The second-order valence-corrected chi connectivity index (χ2v) is 3.49. The summed E-state index contributed by atoms with van der Waals surface area (Å²) in [6, 6.07) is 6.06. The van der Waals surface area contributed by atoms with Gasteiger partial charge in [0, 0.05) is 10.5 Å². The fraction of sp³-hybridized carbons (Fsp3) is 0.143. The number of rotatable bonds is 1. The second kappa shape index (κ2) is 3.11. The maximum absolute atomic E-state index is 12.6. The lowest BCUT2D eigenvalue weighted by molar-refractivity contribution is 0.111. The van der Waals surface area contributed by atoms with Gasteiger partial charge in [0.05, 0.1) is 0 Å². The van der Waals surface area contributed by atoms with E-state index in [4.69, 9.17) is 0 Å². The van der Waals surface area contributed by atoms with E-state index in [0.29, 0.717) is 0 Å². The summed E-state index contributed by atoms with van der Waals surface area (Å²) in [5.41, 5.74) is -0.108. The molecule has 0 saturated heterocycles. The molecule has 1 aromatic carbocycles. The molecule has 60 valence electrons. The second-order valence-electron chi connectivity index (χ2n) is 2.01.